The number of carbonyl (C=O) groups excluding carboxylic acids is 2. The highest BCUT2D eigenvalue weighted by Crippen LogP contribution is 2.35. The van der Waals surface area contributed by atoms with Gasteiger partial charge in [0.15, 0.2) is 0 Å². The van der Waals surface area contributed by atoms with Gasteiger partial charge in [0.05, 0.1) is 6.04 Å². The van der Waals surface area contributed by atoms with Crippen molar-refractivity contribution in [3.8, 4) is 0 Å². The Balaban J connectivity index is 0.00000242. The fraction of sp³-hybridized carbons (Fsp3) is 0.567. The molecule has 1 aromatic carbocycles. The second kappa shape index (κ2) is 13.6. The van der Waals surface area contributed by atoms with Crippen molar-refractivity contribution in [1.29, 1.82) is 0 Å². The maximum atomic E-state index is 13.7. The highest BCUT2D eigenvalue weighted by atomic mass is 16.4. The summed E-state index contributed by atoms with van der Waals surface area (Å²) in [6, 6.07) is 4.26. The molecule has 0 spiro atoms. The molecule has 9 heteroatoms. The molecule has 5 N–H and O–H groups in total. The zero-order chi connectivity index (χ0) is 30.3. The Hall–Kier alpha value is -3.33. The third-order valence-electron chi connectivity index (χ3n) is 6.76. The van der Waals surface area contributed by atoms with E-state index in [-0.39, 0.29) is 23.9 Å². The fourth-order valence-corrected chi connectivity index (χ4v) is 4.44. The molecule has 0 fully saturated rings. The van der Waals surface area contributed by atoms with Gasteiger partial charge in [0.2, 0.25) is 11.8 Å². The van der Waals surface area contributed by atoms with Crippen LogP contribution >= 0.6 is 0 Å². The van der Waals surface area contributed by atoms with Crippen molar-refractivity contribution >= 4 is 34.4 Å². The number of benzene rings is 1. The number of aryl methyl sites for hydroxylation is 1. The molecule has 2 amide bonds. The number of anilines is 1. The van der Waals surface area contributed by atoms with E-state index < -0.39 is 28.9 Å². The number of hydrogen-bond donors (Lipinski definition) is 4. The number of carboxylic acid groups (broad SMARTS) is 1. The summed E-state index contributed by atoms with van der Waals surface area (Å²) < 4.78 is 2.01. The number of aromatic nitrogens is 1. The molecule has 2 atom stereocenters. The lowest BCUT2D eigenvalue weighted by molar-refractivity contribution is -0.139. The van der Waals surface area contributed by atoms with Crippen LogP contribution in [-0.2, 0) is 26.8 Å². The number of nitrogens with zero attached hydrogens (tertiary/aromatic N) is 2. The van der Waals surface area contributed by atoms with E-state index in [4.69, 9.17) is 10.8 Å². The van der Waals surface area contributed by atoms with Crippen molar-refractivity contribution in [2.24, 2.45) is 12.5 Å². The summed E-state index contributed by atoms with van der Waals surface area (Å²) in [5, 5.41) is 16.2. The molecule has 2 unspecified atom stereocenters. The summed E-state index contributed by atoms with van der Waals surface area (Å²) in [4.78, 5) is 39.6. The third-order valence-corrected chi connectivity index (χ3v) is 6.76. The molecule has 2 aromatic rings. The molecule has 2 rings (SSSR count). The maximum absolute atomic E-state index is 13.7. The number of amides is 2. The number of carboxylic acids is 1. The monoisotopic (exact) mass is 543 g/mol. The van der Waals surface area contributed by atoms with Gasteiger partial charge in [0.1, 0.15) is 6.04 Å². The molecular formula is C30H49N5O4. The summed E-state index contributed by atoms with van der Waals surface area (Å²) in [6.07, 6.45) is 4.74. The molecule has 0 radical (unpaired) electrons. The molecule has 0 saturated carbocycles. The van der Waals surface area contributed by atoms with Gasteiger partial charge in [0, 0.05) is 54.4 Å². The minimum absolute atomic E-state index is 0.123. The first-order chi connectivity index (χ1) is 17.9. The van der Waals surface area contributed by atoms with Crippen LogP contribution in [0.2, 0.25) is 0 Å². The summed E-state index contributed by atoms with van der Waals surface area (Å²) in [7, 11) is 5.28. The molecule has 0 aliphatic rings. The van der Waals surface area contributed by atoms with Gasteiger partial charge in [-0.05, 0) is 43.1 Å². The summed E-state index contributed by atoms with van der Waals surface area (Å²) in [6.45, 7) is 15.5. The van der Waals surface area contributed by atoms with Crippen molar-refractivity contribution in [3.63, 3.8) is 0 Å². The Morgan fingerprint density at radius 2 is 1.69 bits per heavy atom. The number of nitrogens with two attached hydrogens (primary N) is 1. The Morgan fingerprint density at radius 3 is 2.18 bits per heavy atom. The largest absolute Gasteiger partial charge is 0.478 e. The van der Waals surface area contributed by atoms with Crippen molar-refractivity contribution in [1.82, 2.24) is 20.1 Å². The van der Waals surface area contributed by atoms with Crippen LogP contribution < -0.4 is 16.4 Å². The van der Waals surface area contributed by atoms with E-state index in [2.05, 4.69) is 24.5 Å². The number of hydrogen-bond acceptors (Lipinski definition) is 5. The van der Waals surface area contributed by atoms with E-state index in [0.29, 0.717) is 5.69 Å². The molecule has 0 aliphatic carbocycles. The normalized spacial score (nSPS) is 13.8. The van der Waals surface area contributed by atoms with E-state index in [9.17, 15) is 14.4 Å². The summed E-state index contributed by atoms with van der Waals surface area (Å²) in [5.74, 6) is -1.64. The van der Waals surface area contributed by atoms with E-state index in [0.717, 1.165) is 16.5 Å². The first kappa shape index (κ1) is 33.7. The smallest absolute Gasteiger partial charge is 0.331 e. The number of rotatable bonds is 9. The predicted octanol–water partition coefficient (Wildman–Crippen LogP) is 4.06. The molecule has 0 aliphatic heterocycles. The third kappa shape index (κ3) is 8.33. The Morgan fingerprint density at radius 1 is 1.13 bits per heavy atom. The standard InChI is InChI=1S/C27H41N5O4.C3H8/c1-16(25(35)36)12-13-31(8)24(34)22(26(2,3)4)30-23(33)21(29-7)27(5,6)19-15-32(9)20-11-10-17(28)14-18(19)20;1-3-2/h10-12,14-15,21-22,29H,13,28H2,1-9H3,(H,30,33)(H,35,36);3H2,1-2H3/b16-12+;. The van der Waals surface area contributed by atoms with Gasteiger partial charge in [-0.15, -0.1) is 0 Å². The van der Waals surface area contributed by atoms with Gasteiger partial charge in [0.25, 0.3) is 0 Å². The Kier molecular flexibility index (Phi) is 11.8. The van der Waals surface area contributed by atoms with E-state index in [1.165, 1.54) is 24.3 Å². The second-order valence-electron chi connectivity index (χ2n) is 11.8. The minimum atomic E-state index is -1.04. The fourth-order valence-electron chi connectivity index (χ4n) is 4.44. The van der Waals surface area contributed by atoms with Gasteiger partial charge < -0.3 is 30.9 Å². The topological polar surface area (TPSA) is 130 Å². The van der Waals surface area contributed by atoms with E-state index >= 15 is 0 Å². The highest BCUT2D eigenvalue weighted by molar-refractivity contribution is 5.93. The lowest BCUT2D eigenvalue weighted by Gasteiger charge is -2.38. The quantitative estimate of drug-likeness (QED) is 0.279. The average molecular weight is 544 g/mol. The SMILES string of the molecule is CCC.CNC(C(=O)NC(C(=O)N(C)C/C=C(\C)C(=O)O)C(C)(C)C)C(C)(C)c1cn(C)c2ccc(N)cc12. The number of nitrogens with one attached hydrogen (secondary N) is 2. The van der Waals surface area contributed by atoms with Crippen LogP contribution in [0.15, 0.2) is 36.0 Å². The zero-order valence-corrected chi connectivity index (χ0v) is 25.6. The minimum Gasteiger partial charge on any atom is -0.478 e. The van der Waals surface area contributed by atoms with Crippen molar-refractivity contribution in [2.45, 2.75) is 79.3 Å². The van der Waals surface area contributed by atoms with Crippen LogP contribution in [-0.4, -0.2) is 65.1 Å². The van der Waals surface area contributed by atoms with Crippen LogP contribution in [0.3, 0.4) is 0 Å². The molecular weight excluding hydrogens is 494 g/mol. The van der Waals surface area contributed by atoms with E-state index in [1.54, 1.807) is 14.1 Å². The van der Waals surface area contributed by atoms with Crippen LogP contribution in [0.5, 0.6) is 0 Å². The number of nitrogen functional groups attached to an aromatic ring is 1. The van der Waals surface area contributed by atoms with Crippen molar-refractivity contribution in [2.75, 3.05) is 26.4 Å². The number of likely N-dealkylation sites (N-methyl/N-ethyl adjacent to an activating group) is 2. The molecule has 1 aromatic heterocycles. The summed E-state index contributed by atoms with van der Waals surface area (Å²) in [5.41, 5.74) is 7.61. The lowest BCUT2D eigenvalue weighted by atomic mass is 9.76. The predicted molar refractivity (Wildman–Crippen MR) is 160 cm³/mol. The van der Waals surface area contributed by atoms with Crippen LogP contribution in [0.1, 0.15) is 67.4 Å². The van der Waals surface area contributed by atoms with Crippen molar-refractivity contribution in [3.05, 3.63) is 41.6 Å². The second-order valence-corrected chi connectivity index (χ2v) is 11.8. The van der Waals surface area contributed by atoms with Crippen molar-refractivity contribution < 1.29 is 19.5 Å². The average Bonchev–Trinajstić information content (AvgIpc) is 3.16. The van der Waals surface area contributed by atoms with Gasteiger partial charge in [-0.3, -0.25) is 9.59 Å². The van der Waals surface area contributed by atoms with Gasteiger partial charge >= 0.3 is 5.97 Å². The molecule has 0 bridgehead atoms. The van der Waals surface area contributed by atoms with Gasteiger partial charge in [-0.25, -0.2) is 4.79 Å². The highest BCUT2D eigenvalue weighted by Gasteiger charge is 2.41. The van der Waals surface area contributed by atoms with Crippen LogP contribution in [0.4, 0.5) is 5.69 Å². The molecule has 1 heterocycles. The maximum Gasteiger partial charge on any atom is 0.331 e. The van der Waals surface area contributed by atoms with E-state index in [1.807, 2.05) is 70.6 Å². The first-order valence-corrected chi connectivity index (χ1v) is 13.4. The zero-order valence-electron chi connectivity index (χ0n) is 25.6. The number of aliphatic carboxylic acids is 1. The summed E-state index contributed by atoms with van der Waals surface area (Å²) >= 11 is 0. The van der Waals surface area contributed by atoms with Crippen LogP contribution in [0.25, 0.3) is 10.9 Å². The first-order valence-electron chi connectivity index (χ1n) is 13.4. The molecule has 218 valence electrons. The van der Waals surface area contributed by atoms with Gasteiger partial charge in [-0.2, -0.15) is 0 Å². The number of fused-ring (bicyclic) bond motifs is 1. The molecule has 0 saturated heterocycles. The lowest BCUT2D eigenvalue weighted by Crippen LogP contribution is -2.60. The molecule has 39 heavy (non-hydrogen) atoms. The number of carbonyl (C=O) groups is 3. The Bertz CT molecular complexity index is 1190. The molecule has 9 nitrogen and oxygen atoms in total. The van der Waals surface area contributed by atoms with Crippen LogP contribution in [0, 0.1) is 5.41 Å². The Labute approximate surface area is 233 Å². The van der Waals surface area contributed by atoms with Gasteiger partial charge in [-0.1, -0.05) is 61.0 Å².